The molecule has 1 heterocycles. The number of hydrogen-bond acceptors (Lipinski definition) is 6. The van der Waals surface area contributed by atoms with Gasteiger partial charge in [0, 0.05) is 11.3 Å². The molecule has 1 atom stereocenters. The fourth-order valence-corrected chi connectivity index (χ4v) is 3.21. The number of benzene rings is 2. The molecule has 0 aliphatic heterocycles. The van der Waals surface area contributed by atoms with Crippen LogP contribution in [0.25, 0.3) is 5.70 Å². The van der Waals surface area contributed by atoms with E-state index in [1.54, 1.807) is 43.5 Å². The van der Waals surface area contributed by atoms with Gasteiger partial charge < -0.3 is 20.5 Å². The van der Waals surface area contributed by atoms with Gasteiger partial charge in [-0.25, -0.2) is 9.18 Å². The van der Waals surface area contributed by atoms with Crippen LogP contribution in [0.5, 0.6) is 11.5 Å². The second-order valence-corrected chi connectivity index (χ2v) is 7.26. The molecule has 0 saturated carbocycles. The summed E-state index contributed by atoms with van der Waals surface area (Å²) in [5.41, 5.74) is 7.09. The van der Waals surface area contributed by atoms with Gasteiger partial charge in [0.05, 0.1) is 19.4 Å². The summed E-state index contributed by atoms with van der Waals surface area (Å²) in [7, 11) is 1.55. The Hall–Kier alpha value is -4.08. The predicted molar refractivity (Wildman–Crippen MR) is 126 cm³/mol. The van der Waals surface area contributed by atoms with Gasteiger partial charge in [0.2, 0.25) is 0 Å². The summed E-state index contributed by atoms with van der Waals surface area (Å²) in [4.78, 5) is 15.2. The average Bonchev–Trinajstić information content (AvgIpc) is 3.18. The number of rotatable bonds is 9. The van der Waals surface area contributed by atoms with E-state index in [0.29, 0.717) is 29.4 Å². The van der Waals surface area contributed by atoms with Crippen molar-refractivity contribution in [3.05, 3.63) is 75.7 Å². The fourth-order valence-electron chi connectivity index (χ4n) is 3.21. The van der Waals surface area contributed by atoms with Gasteiger partial charge in [-0.15, -0.1) is 5.10 Å². The van der Waals surface area contributed by atoms with E-state index < -0.39 is 17.6 Å². The number of H-pyrrole nitrogens is 1. The van der Waals surface area contributed by atoms with Gasteiger partial charge in [-0.1, -0.05) is 6.07 Å². The zero-order valence-electron chi connectivity index (χ0n) is 18.9. The standard InChI is InChI=1S/C23H27FN6O3/c1-5-33-19-12-16(8-11-18(19)32-4)20(27-17-9-6-15(7-10-17)21(25)26)22-28-23(31)30(29-22)14(3)13(2)24/h6-12,20,27H,5H2,1-4H3,(H3,25,26)(H,28,29,31)/b14-13-. The molecule has 10 heteroatoms. The van der Waals surface area contributed by atoms with Crippen molar-refractivity contribution < 1.29 is 13.9 Å². The van der Waals surface area contributed by atoms with E-state index in [4.69, 9.17) is 20.6 Å². The Bertz CT molecular complexity index is 1230. The smallest absolute Gasteiger partial charge is 0.347 e. The van der Waals surface area contributed by atoms with E-state index in [9.17, 15) is 9.18 Å². The summed E-state index contributed by atoms with van der Waals surface area (Å²) in [6, 6.07) is 11.7. The molecule has 5 N–H and O–H groups in total. The number of nitrogen functional groups attached to an aromatic ring is 1. The fraction of sp³-hybridized carbons (Fsp3) is 0.261. The van der Waals surface area contributed by atoms with Gasteiger partial charge in [-0.3, -0.25) is 10.4 Å². The molecule has 0 aliphatic carbocycles. The largest absolute Gasteiger partial charge is 0.493 e. The number of methoxy groups -OCH3 is 1. The maximum Gasteiger partial charge on any atom is 0.347 e. The third kappa shape index (κ3) is 5.22. The molecule has 1 aromatic heterocycles. The third-order valence-electron chi connectivity index (χ3n) is 5.05. The molecule has 174 valence electrons. The van der Waals surface area contributed by atoms with E-state index in [0.717, 1.165) is 10.2 Å². The zero-order chi connectivity index (χ0) is 24.1. The van der Waals surface area contributed by atoms with Gasteiger partial charge in [0.25, 0.3) is 0 Å². The molecular formula is C23H27FN6O3. The number of nitrogens with zero attached hydrogens (tertiary/aromatic N) is 2. The highest BCUT2D eigenvalue weighted by molar-refractivity contribution is 5.95. The Labute approximate surface area is 190 Å². The second kappa shape index (κ2) is 10.0. The van der Waals surface area contributed by atoms with Crippen LogP contribution in [0.3, 0.4) is 0 Å². The summed E-state index contributed by atoms with van der Waals surface area (Å²) in [5, 5.41) is 15.2. The average molecular weight is 455 g/mol. The molecule has 3 rings (SSSR count). The highest BCUT2D eigenvalue weighted by atomic mass is 19.1. The van der Waals surface area contributed by atoms with Crippen molar-refractivity contribution in [2.24, 2.45) is 5.73 Å². The zero-order valence-corrected chi connectivity index (χ0v) is 18.9. The third-order valence-corrected chi connectivity index (χ3v) is 5.05. The van der Waals surface area contributed by atoms with Crippen molar-refractivity contribution in [1.82, 2.24) is 14.8 Å². The van der Waals surface area contributed by atoms with Crippen LogP contribution in [0.1, 0.15) is 43.8 Å². The molecule has 33 heavy (non-hydrogen) atoms. The minimum atomic E-state index is -0.611. The molecule has 0 bridgehead atoms. The van der Waals surface area contributed by atoms with Crippen LogP contribution in [0.15, 0.2) is 53.1 Å². The van der Waals surface area contributed by atoms with Crippen molar-refractivity contribution in [2.75, 3.05) is 19.0 Å². The second-order valence-electron chi connectivity index (χ2n) is 7.26. The first-order valence-electron chi connectivity index (χ1n) is 10.3. The topological polar surface area (TPSA) is 131 Å². The molecule has 2 aromatic carbocycles. The maximum absolute atomic E-state index is 13.8. The van der Waals surface area contributed by atoms with Crippen LogP contribution < -0.4 is 26.2 Å². The number of aromatic nitrogens is 3. The van der Waals surface area contributed by atoms with Crippen molar-refractivity contribution in [3.8, 4) is 11.5 Å². The summed E-state index contributed by atoms with van der Waals surface area (Å²) in [6.45, 7) is 5.05. The molecular weight excluding hydrogens is 427 g/mol. The Kier molecular flexibility index (Phi) is 7.17. The molecule has 0 saturated heterocycles. The minimum Gasteiger partial charge on any atom is -0.493 e. The number of anilines is 1. The lowest BCUT2D eigenvalue weighted by Gasteiger charge is -2.20. The first kappa shape index (κ1) is 23.6. The molecule has 0 amide bonds. The van der Waals surface area contributed by atoms with Crippen molar-refractivity contribution in [2.45, 2.75) is 26.8 Å². The van der Waals surface area contributed by atoms with Crippen LogP contribution in [0.2, 0.25) is 0 Å². The molecule has 3 aromatic rings. The lowest BCUT2D eigenvalue weighted by Crippen LogP contribution is -2.16. The number of halogens is 1. The number of allylic oxidation sites excluding steroid dienone is 2. The van der Waals surface area contributed by atoms with Crippen LogP contribution >= 0.6 is 0 Å². The van der Waals surface area contributed by atoms with Gasteiger partial charge in [-0.2, -0.15) is 4.68 Å². The van der Waals surface area contributed by atoms with Crippen LogP contribution in [0.4, 0.5) is 10.1 Å². The maximum atomic E-state index is 13.8. The van der Waals surface area contributed by atoms with E-state index >= 15 is 0 Å². The van der Waals surface area contributed by atoms with Crippen molar-refractivity contribution >= 4 is 17.2 Å². The number of hydrogen-bond donors (Lipinski definition) is 4. The Morgan fingerprint density at radius 1 is 1.24 bits per heavy atom. The molecule has 0 spiro atoms. The Morgan fingerprint density at radius 3 is 2.52 bits per heavy atom. The SMILES string of the molecule is CCOc1cc(C(Nc2ccc(C(=N)N)cc2)c2nn(/C(C)=C(/C)F)c(=O)[nH]2)ccc1OC. The van der Waals surface area contributed by atoms with Gasteiger partial charge in [-0.05, 0) is 62.7 Å². The van der Waals surface area contributed by atoms with E-state index in [2.05, 4.69) is 15.4 Å². The number of nitrogens with two attached hydrogens (primary N) is 1. The van der Waals surface area contributed by atoms with Crippen LogP contribution in [-0.4, -0.2) is 34.3 Å². The molecule has 0 fully saturated rings. The summed E-state index contributed by atoms with van der Waals surface area (Å²) in [6.07, 6.45) is 0. The molecule has 1 unspecified atom stereocenters. The number of nitrogens with one attached hydrogen (secondary N) is 3. The van der Waals surface area contributed by atoms with E-state index in [1.165, 1.54) is 13.8 Å². The van der Waals surface area contributed by atoms with Gasteiger partial charge in [0.15, 0.2) is 17.3 Å². The quantitative estimate of drug-likeness (QED) is 0.288. The monoisotopic (exact) mass is 454 g/mol. The summed E-state index contributed by atoms with van der Waals surface area (Å²) < 4.78 is 25.8. The number of aromatic amines is 1. The lowest BCUT2D eigenvalue weighted by molar-refractivity contribution is 0.310. The van der Waals surface area contributed by atoms with Gasteiger partial charge >= 0.3 is 5.69 Å². The minimum absolute atomic E-state index is 0.0402. The Morgan fingerprint density at radius 2 is 1.94 bits per heavy atom. The molecule has 0 radical (unpaired) electrons. The molecule has 0 aliphatic rings. The van der Waals surface area contributed by atoms with Gasteiger partial charge in [0.1, 0.15) is 17.7 Å². The molecule has 9 nitrogen and oxygen atoms in total. The Balaban J connectivity index is 2.10. The predicted octanol–water partition coefficient (Wildman–Crippen LogP) is 3.64. The van der Waals surface area contributed by atoms with E-state index in [-0.39, 0.29) is 17.4 Å². The highest BCUT2D eigenvalue weighted by Gasteiger charge is 2.22. The summed E-state index contributed by atoms with van der Waals surface area (Å²) in [5.74, 6) is 0.831. The first-order chi connectivity index (χ1) is 15.7. The highest BCUT2D eigenvalue weighted by Crippen LogP contribution is 2.33. The van der Waals surface area contributed by atoms with Crippen LogP contribution in [-0.2, 0) is 0 Å². The van der Waals surface area contributed by atoms with Crippen molar-refractivity contribution in [3.63, 3.8) is 0 Å². The first-order valence-corrected chi connectivity index (χ1v) is 10.3. The lowest BCUT2D eigenvalue weighted by atomic mass is 10.0. The van der Waals surface area contributed by atoms with E-state index in [1.807, 2.05) is 13.0 Å². The summed E-state index contributed by atoms with van der Waals surface area (Å²) >= 11 is 0. The van der Waals surface area contributed by atoms with Crippen LogP contribution in [0, 0.1) is 5.41 Å². The number of ether oxygens (including phenoxy) is 2. The number of amidine groups is 1. The normalized spacial score (nSPS) is 12.6. The van der Waals surface area contributed by atoms with Crippen molar-refractivity contribution in [1.29, 1.82) is 5.41 Å².